The van der Waals surface area contributed by atoms with E-state index in [0.717, 1.165) is 20.8 Å². The molecule has 1 heterocycles. The fourth-order valence-corrected chi connectivity index (χ4v) is 3.48. The Hall–Kier alpha value is -0.860. The van der Waals surface area contributed by atoms with Gasteiger partial charge in [-0.15, -0.1) is 22.0 Å². The molecule has 3 unspecified atom stereocenters. The van der Waals surface area contributed by atoms with Gasteiger partial charge in [0.1, 0.15) is 0 Å². The van der Waals surface area contributed by atoms with Crippen LogP contribution in [0.15, 0.2) is 0 Å². The summed E-state index contributed by atoms with van der Waals surface area (Å²) in [6.07, 6.45) is -11.0. The van der Waals surface area contributed by atoms with Gasteiger partial charge in [0, 0.05) is 11.3 Å². The first-order valence-corrected chi connectivity index (χ1v) is 9.35. The summed E-state index contributed by atoms with van der Waals surface area (Å²) in [4.78, 5) is 0. The molecule has 14 heteroatoms. The maximum absolute atomic E-state index is 16.4. The molecule has 0 amide bonds. The standard InChI is InChI=1S/C18H27F10NO3/c1-9(2)13(19,20)14(21,22)11(6,7)12(8,29)15(23)16(10(3,4)5,31-17(24,25)26)32-18(27,28)30-15/h9H,29H2,1-8H3. The van der Waals surface area contributed by atoms with Crippen molar-refractivity contribution in [3.05, 3.63) is 0 Å². The van der Waals surface area contributed by atoms with Gasteiger partial charge < -0.3 is 5.73 Å². The summed E-state index contributed by atoms with van der Waals surface area (Å²) >= 11 is 0. The zero-order valence-corrected chi connectivity index (χ0v) is 18.7. The number of rotatable bonds is 6. The molecule has 1 aliphatic rings. The molecule has 0 saturated carbocycles. The van der Waals surface area contributed by atoms with E-state index >= 15 is 13.2 Å². The molecule has 1 rings (SSSR count). The maximum atomic E-state index is 16.4. The van der Waals surface area contributed by atoms with Crippen LogP contribution in [0.2, 0.25) is 0 Å². The van der Waals surface area contributed by atoms with E-state index in [2.05, 4.69) is 14.2 Å². The first-order valence-electron chi connectivity index (χ1n) is 9.35. The Balaban J connectivity index is 3.96. The molecule has 0 aromatic rings. The summed E-state index contributed by atoms with van der Waals surface area (Å²) < 4.78 is 155. The van der Waals surface area contributed by atoms with Crippen molar-refractivity contribution in [3.8, 4) is 0 Å². The molecule has 0 spiro atoms. The highest BCUT2D eigenvalue weighted by molar-refractivity contribution is 5.20. The first-order chi connectivity index (χ1) is 13.6. The van der Waals surface area contributed by atoms with E-state index in [1.807, 2.05) is 0 Å². The minimum atomic E-state index is -5.86. The molecule has 0 aromatic carbocycles. The van der Waals surface area contributed by atoms with Gasteiger partial charge in [-0.05, 0) is 6.92 Å². The third-order valence-corrected chi connectivity index (χ3v) is 6.09. The van der Waals surface area contributed by atoms with Crippen LogP contribution >= 0.6 is 0 Å². The normalized spacial score (nSPS) is 30.0. The van der Waals surface area contributed by atoms with Gasteiger partial charge in [0.15, 0.2) is 0 Å². The van der Waals surface area contributed by atoms with Crippen molar-refractivity contribution in [3.63, 3.8) is 0 Å². The van der Waals surface area contributed by atoms with Gasteiger partial charge in [-0.25, -0.2) is 4.39 Å². The number of alkyl halides is 10. The molecule has 0 aromatic heterocycles. The summed E-state index contributed by atoms with van der Waals surface area (Å²) in [5.74, 6) is -21.1. The smallest absolute Gasteiger partial charge is 0.320 e. The van der Waals surface area contributed by atoms with Gasteiger partial charge in [-0.1, -0.05) is 48.5 Å². The molecule has 0 bridgehead atoms. The molecule has 1 aliphatic heterocycles. The predicted octanol–water partition coefficient (Wildman–Crippen LogP) is 6.20. The van der Waals surface area contributed by atoms with Crippen molar-refractivity contribution in [2.75, 3.05) is 0 Å². The van der Waals surface area contributed by atoms with Gasteiger partial charge in [0.25, 0.3) is 11.6 Å². The zero-order chi connectivity index (χ0) is 26.2. The van der Waals surface area contributed by atoms with Crippen LogP contribution < -0.4 is 5.73 Å². The minimum absolute atomic E-state index is 0.252. The van der Waals surface area contributed by atoms with Crippen LogP contribution in [0.4, 0.5) is 43.9 Å². The number of ether oxygens (including phenoxy) is 3. The van der Waals surface area contributed by atoms with Crippen molar-refractivity contribution in [2.45, 2.75) is 97.1 Å². The fourth-order valence-electron chi connectivity index (χ4n) is 3.48. The Morgan fingerprint density at radius 1 is 0.781 bits per heavy atom. The molecular weight excluding hydrogens is 468 g/mol. The largest absolute Gasteiger partial charge is 0.525 e. The first kappa shape index (κ1) is 29.2. The lowest BCUT2D eigenvalue weighted by molar-refractivity contribution is -0.477. The van der Waals surface area contributed by atoms with Crippen LogP contribution in [-0.4, -0.2) is 41.7 Å². The van der Waals surface area contributed by atoms with E-state index in [-0.39, 0.29) is 6.92 Å². The molecule has 1 saturated heterocycles. The van der Waals surface area contributed by atoms with Crippen LogP contribution in [0.5, 0.6) is 0 Å². The summed E-state index contributed by atoms with van der Waals surface area (Å²) in [5, 5.41) is 0. The van der Waals surface area contributed by atoms with E-state index in [1.165, 1.54) is 0 Å². The molecule has 0 aliphatic carbocycles. The molecule has 0 radical (unpaired) electrons. The van der Waals surface area contributed by atoms with Crippen molar-refractivity contribution >= 4 is 0 Å². The average molecular weight is 495 g/mol. The highest BCUT2D eigenvalue weighted by Gasteiger charge is 2.86. The third-order valence-electron chi connectivity index (χ3n) is 6.09. The SMILES string of the molecule is CC(C)C(F)(F)C(F)(F)C(C)(C)C(C)(N)C1(F)OC(F)(F)OC1(OC(F)(F)F)C(C)(C)C. The molecule has 2 N–H and O–H groups in total. The van der Waals surface area contributed by atoms with Crippen LogP contribution in [0, 0.1) is 16.7 Å². The average Bonchev–Trinajstić information content (AvgIpc) is 2.71. The molecule has 192 valence electrons. The lowest BCUT2D eigenvalue weighted by Gasteiger charge is -2.57. The van der Waals surface area contributed by atoms with Crippen LogP contribution in [0.1, 0.15) is 55.4 Å². The molecule has 3 atom stereocenters. The minimum Gasteiger partial charge on any atom is -0.320 e. The van der Waals surface area contributed by atoms with Gasteiger partial charge in [-0.3, -0.25) is 14.2 Å². The summed E-state index contributed by atoms with van der Waals surface area (Å²) in [6.45, 7) is 4.52. The summed E-state index contributed by atoms with van der Waals surface area (Å²) in [7, 11) is 0. The molecule has 1 fully saturated rings. The predicted molar refractivity (Wildman–Crippen MR) is 91.4 cm³/mol. The van der Waals surface area contributed by atoms with E-state index in [9.17, 15) is 30.7 Å². The molecular formula is C18H27F10NO3. The Morgan fingerprint density at radius 3 is 1.50 bits per heavy atom. The second-order valence-corrected chi connectivity index (χ2v) is 9.86. The number of hydrogen-bond donors (Lipinski definition) is 1. The maximum Gasteiger partial charge on any atom is 0.525 e. The second kappa shape index (κ2) is 7.32. The Bertz CT molecular complexity index is 715. The van der Waals surface area contributed by atoms with E-state index in [4.69, 9.17) is 5.73 Å². The van der Waals surface area contributed by atoms with E-state index in [1.54, 1.807) is 0 Å². The van der Waals surface area contributed by atoms with Gasteiger partial charge in [-0.2, -0.15) is 17.6 Å². The summed E-state index contributed by atoms with van der Waals surface area (Å²) in [6, 6.07) is 0. The topological polar surface area (TPSA) is 53.7 Å². The van der Waals surface area contributed by atoms with Crippen molar-refractivity contribution in [1.29, 1.82) is 0 Å². The number of halogens is 10. The lowest BCUT2D eigenvalue weighted by Crippen LogP contribution is -2.79. The number of hydrogen-bond acceptors (Lipinski definition) is 4. The Morgan fingerprint density at radius 2 is 1.19 bits per heavy atom. The van der Waals surface area contributed by atoms with E-state index in [0.29, 0.717) is 27.7 Å². The highest BCUT2D eigenvalue weighted by Crippen LogP contribution is 2.66. The van der Waals surface area contributed by atoms with Crippen molar-refractivity contribution in [2.24, 2.45) is 22.5 Å². The molecule has 4 nitrogen and oxygen atoms in total. The number of nitrogens with two attached hydrogens (primary N) is 1. The quantitative estimate of drug-likeness (QED) is 0.446. The van der Waals surface area contributed by atoms with Crippen molar-refractivity contribution in [1.82, 2.24) is 0 Å². The van der Waals surface area contributed by atoms with Crippen LogP contribution in [-0.2, 0) is 14.2 Å². The van der Waals surface area contributed by atoms with Crippen LogP contribution in [0.25, 0.3) is 0 Å². The third kappa shape index (κ3) is 3.88. The van der Waals surface area contributed by atoms with Crippen molar-refractivity contribution < 1.29 is 58.1 Å². The Kier molecular flexibility index (Phi) is 6.67. The highest BCUT2D eigenvalue weighted by atomic mass is 19.4. The lowest BCUT2D eigenvalue weighted by atomic mass is 9.59. The Labute approximate surface area is 178 Å². The van der Waals surface area contributed by atoms with Gasteiger partial charge >= 0.3 is 24.5 Å². The second-order valence-electron chi connectivity index (χ2n) is 9.86. The van der Waals surface area contributed by atoms with Gasteiger partial charge in [0.2, 0.25) is 0 Å². The zero-order valence-electron chi connectivity index (χ0n) is 18.7. The van der Waals surface area contributed by atoms with Crippen LogP contribution in [0.3, 0.4) is 0 Å². The van der Waals surface area contributed by atoms with Gasteiger partial charge in [0.05, 0.1) is 11.0 Å². The monoisotopic (exact) mass is 495 g/mol. The summed E-state index contributed by atoms with van der Waals surface area (Å²) in [5.41, 5.74) is -3.97. The molecule has 32 heavy (non-hydrogen) atoms. The van der Waals surface area contributed by atoms with E-state index < -0.39 is 58.4 Å². The fraction of sp³-hybridized carbons (Fsp3) is 1.00.